The van der Waals surface area contributed by atoms with Crippen molar-refractivity contribution in [2.24, 2.45) is 10.2 Å². The Hall–Kier alpha value is -3.20. The fraction of sp³-hybridized carbons (Fsp3) is 0.0476. The highest BCUT2D eigenvalue weighted by Gasteiger charge is 2.08. The third-order valence-electron chi connectivity index (χ3n) is 4.20. The Morgan fingerprint density at radius 2 is 1.50 bits per heavy atom. The molecule has 0 aliphatic carbocycles. The molecule has 0 aliphatic rings. The molecule has 3 nitrogen and oxygen atoms in total. The van der Waals surface area contributed by atoms with E-state index in [1.54, 1.807) is 0 Å². The molecule has 0 saturated carbocycles. The van der Waals surface area contributed by atoms with Gasteiger partial charge in [0.25, 0.3) is 0 Å². The van der Waals surface area contributed by atoms with Crippen molar-refractivity contribution < 1.29 is 0 Å². The normalized spacial score (nSPS) is 11.5. The van der Waals surface area contributed by atoms with Crippen LogP contribution in [0.2, 0.25) is 0 Å². The second-order valence-corrected chi connectivity index (χ2v) is 5.92. The Balaban J connectivity index is 1.90. The van der Waals surface area contributed by atoms with Crippen LogP contribution in [0.3, 0.4) is 0 Å². The highest BCUT2D eigenvalue weighted by molar-refractivity contribution is 6.15. The molecule has 24 heavy (non-hydrogen) atoms. The van der Waals surface area contributed by atoms with Crippen LogP contribution < -0.4 is 5.73 Å². The maximum absolute atomic E-state index is 6.43. The number of rotatable bonds is 2. The van der Waals surface area contributed by atoms with Crippen LogP contribution in [0, 0.1) is 6.92 Å². The summed E-state index contributed by atoms with van der Waals surface area (Å²) in [7, 11) is 0. The molecule has 0 aliphatic heterocycles. The Morgan fingerprint density at radius 1 is 0.750 bits per heavy atom. The number of fused-ring (bicyclic) bond motifs is 3. The standard InChI is InChI=1S/C21H17N3/c1-14-7-11-18-16(13-14)9-8-15-10-12-19(21(22)20(15)18)24-23-17-5-3-2-4-6-17/h2-13H,22H2,1H3. The van der Waals surface area contributed by atoms with Gasteiger partial charge in [-0.25, -0.2) is 0 Å². The fourth-order valence-corrected chi connectivity index (χ4v) is 2.99. The van der Waals surface area contributed by atoms with Gasteiger partial charge in [0.2, 0.25) is 0 Å². The van der Waals surface area contributed by atoms with E-state index in [0.29, 0.717) is 11.4 Å². The van der Waals surface area contributed by atoms with Crippen molar-refractivity contribution in [2.45, 2.75) is 6.92 Å². The molecular formula is C21H17N3. The Labute approximate surface area is 140 Å². The summed E-state index contributed by atoms with van der Waals surface area (Å²) in [4.78, 5) is 0. The van der Waals surface area contributed by atoms with Gasteiger partial charge in [0.1, 0.15) is 5.69 Å². The van der Waals surface area contributed by atoms with E-state index in [2.05, 4.69) is 47.5 Å². The zero-order valence-corrected chi connectivity index (χ0v) is 13.4. The predicted octanol–water partition coefficient (Wildman–Crippen LogP) is 6.30. The summed E-state index contributed by atoms with van der Waals surface area (Å²) < 4.78 is 0. The summed E-state index contributed by atoms with van der Waals surface area (Å²) in [5.41, 5.74) is 9.84. The largest absolute Gasteiger partial charge is 0.396 e. The third-order valence-corrected chi connectivity index (χ3v) is 4.20. The summed E-state index contributed by atoms with van der Waals surface area (Å²) in [6.45, 7) is 2.09. The van der Waals surface area contributed by atoms with Gasteiger partial charge in [-0.3, -0.25) is 0 Å². The first kappa shape index (κ1) is 14.4. The molecule has 0 spiro atoms. The molecule has 0 atom stereocenters. The first-order valence-electron chi connectivity index (χ1n) is 7.91. The highest BCUT2D eigenvalue weighted by Crippen LogP contribution is 2.36. The number of azo groups is 1. The maximum Gasteiger partial charge on any atom is 0.109 e. The smallest absolute Gasteiger partial charge is 0.109 e. The molecule has 0 bridgehead atoms. The summed E-state index contributed by atoms with van der Waals surface area (Å²) in [5.74, 6) is 0. The van der Waals surface area contributed by atoms with Crippen LogP contribution in [-0.2, 0) is 0 Å². The molecule has 4 aromatic rings. The van der Waals surface area contributed by atoms with E-state index in [4.69, 9.17) is 5.73 Å². The average Bonchev–Trinajstić information content (AvgIpc) is 2.61. The lowest BCUT2D eigenvalue weighted by Gasteiger charge is -2.09. The van der Waals surface area contributed by atoms with Gasteiger partial charge in [-0.2, -0.15) is 5.11 Å². The van der Waals surface area contributed by atoms with E-state index in [0.717, 1.165) is 21.8 Å². The predicted molar refractivity (Wildman–Crippen MR) is 101 cm³/mol. The van der Waals surface area contributed by atoms with Gasteiger partial charge in [-0.1, -0.05) is 60.2 Å². The average molecular weight is 311 g/mol. The van der Waals surface area contributed by atoms with Crippen LogP contribution in [0.15, 0.2) is 83.0 Å². The van der Waals surface area contributed by atoms with Crippen molar-refractivity contribution >= 4 is 38.6 Å². The Bertz CT molecular complexity index is 1070. The first-order chi connectivity index (χ1) is 11.7. The number of nitrogens with zero attached hydrogens (tertiary/aromatic N) is 2. The molecule has 0 unspecified atom stereocenters. The van der Waals surface area contributed by atoms with Crippen LogP contribution in [0.4, 0.5) is 17.1 Å². The van der Waals surface area contributed by atoms with E-state index in [-0.39, 0.29) is 0 Å². The number of nitrogens with two attached hydrogens (primary N) is 1. The van der Waals surface area contributed by atoms with Crippen LogP contribution in [0.25, 0.3) is 21.5 Å². The van der Waals surface area contributed by atoms with Crippen molar-refractivity contribution in [3.05, 3.63) is 78.4 Å². The minimum Gasteiger partial charge on any atom is -0.396 e. The number of nitrogen functional groups attached to an aromatic ring is 1. The zero-order chi connectivity index (χ0) is 16.5. The monoisotopic (exact) mass is 311 g/mol. The number of benzene rings is 4. The molecule has 0 fully saturated rings. The molecule has 0 heterocycles. The molecule has 0 saturated heterocycles. The molecule has 4 aromatic carbocycles. The molecule has 0 radical (unpaired) electrons. The van der Waals surface area contributed by atoms with Gasteiger partial charge in [-0.05, 0) is 41.3 Å². The number of anilines is 1. The third kappa shape index (κ3) is 2.50. The minimum atomic E-state index is 0.668. The summed E-state index contributed by atoms with van der Waals surface area (Å²) in [6.07, 6.45) is 0. The van der Waals surface area contributed by atoms with Crippen LogP contribution in [-0.4, -0.2) is 0 Å². The van der Waals surface area contributed by atoms with Crippen molar-refractivity contribution in [1.82, 2.24) is 0 Å². The SMILES string of the molecule is Cc1ccc2c(ccc3ccc(N=Nc4ccccc4)c(N)c32)c1. The van der Waals surface area contributed by atoms with E-state index < -0.39 is 0 Å². The van der Waals surface area contributed by atoms with Crippen LogP contribution in [0.1, 0.15) is 5.56 Å². The molecule has 3 heteroatoms. The number of hydrogen-bond acceptors (Lipinski definition) is 3. The molecular weight excluding hydrogens is 294 g/mol. The van der Waals surface area contributed by atoms with Crippen molar-refractivity contribution in [1.29, 1.82) is 0 Å². The fourth-order valence-electron chi connectivity index (χ4n) is 2.99. The Kier molecular flexibility index (Phi) is 3.47. The van der Waals surface area contributed by atoms with E-state index in [9.17, 15) is 0 Å². The number of aryl methyl sites for hydroxylation is 1. The lowest BCUT2D eigenvalue weighted by molar-refractivity contribution is 1.24. The summed E-state index contributed by atoms with van der Waals surface area (Å²) >= 11 is 0. The van der Waals surface area contributed by atoms with Gasteiger partial charge < -0.3 is 5.73 Å². The van der Waals surface area contributed by atoms with E-state index >= 15 is 0 Å². The van der Waals surface area contributed by atoms with Gasteiger partial charge >= 0.3 is 0 Å². The van der Waals surface area contributed by atoms with Gasteiger partial charge in [0.15, 0.2) is 0 Å². The first-order valence-corrected chi connectivity index (χ1v) is 7.91. The summed E-state index contributed by atoms with van der Waals surface area (Å²) in [5, 5.41) is 13.1. The topological polar surface area (TPSA) is 50.7 Å². The van der Waals surface area contributed by atoms with Crippen LogP contribution >= 0.6 is 0 Å². The second-order valence-electron chi connectivity index (χ2n) is 5.92. The second kappa shape index (κ2) is 5.78. The van der Waals surface area contributed by atoms with E-state index in [1.807, 2.05) is 42.5 Å². The molecule has 0 amide bonds. The van der Waals surface area contributed by atoms with E-state index in [1.165, 1.54) is 10.9 Å². The quantitative estimate of drug-likeness (QED) is 0.263. The highest BCUT2D eigenvalue weighted by atomic mass is 15.1. The minimum absolute atomic E-state index is 0.668. The maximum atomic E-state index is 6.43. The van der Waals surface area contributed by atoms with Crippen molar-refractivity contribution in [3.63, 3.8) is 0 Å². The lowest BCUT2D eigenvalue weighted by atomic mass is 9.98. The Morgan fingerprint density at radius 3 is 2.33 bits per heavy atom. The zero-order valence-electron chi connectivity index (χ0n) is 13.4. The van der Waals surface area contributed by atoms with Crippen molar-refractivity contribution in [3.8, 4) is 0 Å². The number of hydrogen-bond donors (Lipinski definition) is 1. The molecule has 4 rings (SSSR count). The van der Waals surface area contributed by atoms with Gasteiger partial charge in [0, 0.05) is 5.39 Å². The molecule has 0 aromatic heterocycles. The van der Waals surface area contributed by atoms with Crippen LogP contribution in [0.5, 0.6) is 0 Å². The lowest BCUT2D eigenvalue weighted by Crippen LogP contribution is -1.89. The summed E-state index contributed by atoms with van der Waals surface area (Å²) in [6, 6.07) is 24.3. The molecule has 116 valence electrons. The van der Waals surface area contributed by atoms with Gasteiger partial charge in [0.05, 0.1) is 11.4 Å². The van der Waals surface area contributed by atoms with Gasteiger partial charge in [-0.15, -0.1) is 5.11 Å². The van der Waals surface area contributed by atoms with Crippen molar-refractivity contribution in [2.75, 3.05) is 5.73 Å². The molecule has 2 N–H and O–H groups in total.